The Hall–Kier alpha value is -3.51. The van der Waals surface area contributed by atoms with E-state index in [9.17, 15) is 9.59 Å². The number of carbonyl (C=O) groups is 2. The second-order valence-electron chi connectivity index (χ2n) is 5.89. The van der Waals surface area contributed by atoms with E-state index >= 15 is 0 Å². The van der Waals surface area contributed by atoms with Crippen LogP contribution in [0.1, 0.15) is 29.8 Å². The average Bonchev–Trinajstić information content (AvgIpc) is 2.61. The van der Waals surface area contributed by atoms with Gasteiger partial charge in [-0.25, -0.2) is 10.8 Å². The first-order valence-corrected chi connectivity index (χ1v) is 7.80. The van der Waals surface area contributed by atoms with E-state index in [0.29, 0.717) is 17.5 Å². The maximum absolute atomic E-state index is 11.7. The van der Waals surface area contributed by atoms with Crippen LogP contribution in [-0.4, -0.2) is 28.2 Å². The van der Waals surface area contributed by atoms with E-state index in [1.807, 2.05) is 19.9 Å². The number of benzene rings is 1. The lowest BCUT2D eigenvalue weighted by Crippen LogP contribution is -2.46. The monoisotopic (exact) mass is 353 g/mol. The summed E-state index contributed by atoms with van der Waals surface area (Å²) in [7, 11) is 0. The van der Waals surface area contributed by atoms with Gasteiger partial charge in [-0.05, 0) is 24.1 Å². The Labute approximate surface area is 150 Å². The van der Waals surface area contributed by atoms with Crippen LogP contribution < -0.4 is 21.9 Å². The van der Waals surface area contributed by atoms with Crippen molar-refractivity contribution in [2.24, 2.45) is 17.5 Å². The predicted octanol–water partition coefficient (Wildman–Crippen LogP) is 1.09. The van der Waals surface area contributed by atoms with Crippen LogP contribution in [-0.2, 0) is 4.79 Å². The van der Waals surface area contributed by atoms with Crippen LogP contribution in [0.2, 0.25) is 0 Å². The van der Waals surface area contributed by atoms with Crippen LogP contribution in [0.5, 0.6) is 0 Å². The van der Waals surface area contributed by atoms with Gasteiger partial charge in [-0.15, -0.1) is 0 Å². The van der Waals surface area contributed by atoms with Gasteiger partial charge in [0.1, 0.15) is 23.7 Å². The van der Waals surface area contributed by atoms with Gasteiger partial charge >= 0.3 is 0 Å². The highest BCUT2D eigenvalue weighted by atomic mass is 16.1. The van der Waals surface area contributed by atoms with Crippen molar-refractivity contribution in [1.29, 1.82) is 5.26 Å². The largest absolute Gasteiger partial charge is 0.365 e. The van der Waals surface area contributed by atoms with E-state index in [-0.39, 0.29) is 23.2 Å². The first-order chi connectivity index (χ1) is 12.4. The molecule has 0 saturated heterocycles. The fraction of sp³-hybridized carbons (Fsp3) is 0.235. The molecule has 0 spiro atoms. The number of nitrogens with zero attached hydrogens (tertiary/aromatic N) is 4. The molecular formula is C17H19N7O2. The number of hydrogen-bond acceptors (Lipinski definition) is 8. The molecule has 1 aromatic heterocycles. The van der Waals surface area contributed by atoms with Crippen LogP contribution in [0.15, 0.2) is 30.5 Å². The van der Waals surface area contributed by atoms with Gasteiger partial charge in [-0.2, -0.15) is 10.2 Å². The molecule has 1 amide bonds. The van der Waals surface area contributed by atoms with Gasteiger partial charge in [-0.3, -0.25) is 9.80 Å². The van der Waals surface area contributed by atoms with Gasteiger partial charge in [0.05, 0.1) is 11.6 Å². The van der Waals surface area contributed by atoms with E-state index in [1.165, 1.54) is 6.20 Å². The normalized spacial score (nSPS) is 11.5. The highest BCUT2D eigenvalue weighted by Crippen LogP contribution is 2.22. The number of nitrogens with one attached hydrogen (secondary N) is 1. The molecule has 0 radical (unpaired) electrons. The number of rotatable bonds is 7. The molecule has 9 nitrogen and oxygen atoms in total. The van der Waals surface area contributed by atoms with Gasteiger partial charge in [-0.1, -0.05) is 19.9 Å². The lowest BCUT2D eigenvalue weighted by atomic mass is 10.1. The predicted molar refractivity (Wildman–Crippen MR) is 96.3 cm³/mol. The van der Waals surface area contributed by atoms with Crippen LogP contribution in [0, 0.1) is 17.2 Å². The highest BCUT2D eigenvalue weighted by molar-refractivity contribution is 5.98. The summed E-state index contributed by atoms with van der Waals surface area (Å²) in [5.74, 6) is 5.36. The summed E-state index contributed by atoms with van der Waals surface area (Å²) in [6, 6.07) is 8.01. The number of nitrogens with two attached hydrogens (primary N) is 2. The number of anilines is 3. The Morgan fingerprint density at radius 3 is 2.73 bits per heavy atom. The molecule has 1 heterocycles. The average molecular weight is 353 g/mol. The van der Waals surface area contributed by atoms with Crippen molar-refractivity contribution in [3.05, 3.63) is 41.6 Å². The van der Waals surface area contributed by atoms with Gasteiger partial charge in [0.25, 0.3) is 5.91 Å². The summed E-state index contributed by atoms with van der Waals surface area (Å²) in [6.45, 7) is 3.67. The zero-order valence-electron chi connectivity index (χ0n) is 14.4. The molecule has 9 heteroatoms. The van der Waals surface area contributed by atoms with Gasteiger partial charge in [0.15, 0.2) is 0 Å². The van der Waals surface area contributed by atoms with Crippen LogP contribution in [0.3, 0.4) is 0 Å². The van der Waals surface area contributed by atoms with E-state index in [0.717, 1.165) is 5.01 Å². The van der Waals surface area contributed by atoms with Crippen LogP contribution >= 0.6 is 0 Å². The van der Waals surface area contributed by atoms with Crippen molar-refractivity contribution in [3.8, 4) is 6.07 Å². The highest BCUT2D eigenvalue weighted by Gasteiger charge is 2.23. The van der Waals surface area contributed by atoms with Crippen molar-refractivity contribution in [3.63, 3.8) is 0 Å². The molecule has 26 heavy (non-hydrogen) atoms. The summed E-state index contributed by atoms with van der Waals surface area (Å²) < 4.78 is 0. The van der Waals surface area contributed by atoms with E-state index in [4.69, 9.17) is 16.8 Å². The van der Waals surface area contributed by atoms with Crippen molar-refractivity contribution < 1.29 is 9.59 Å². The Morgan fingerprint density at radius 1 is 1.42 bits per heavy atom. The molecule has 0 aliphatic heterocycles. The Bertz CT molecular complexity index is 860. The molecule has 0 aliphatic carbocycles. The number of primary amides is 1. The number of hydrazine groups is 1. The molecule has 134 valence electrons. The molecule has 0 unspecified atom stereocenters. The lowest BCUT2D eigenvalue weighted by Gasteiger charge is -2.26. The van der Waals surface area contributed by atoms with Crippen molar-refractivity contribution >= 4 is 29.6 Å². The summed E-state index contributed by atoms with van der Waals surface area (Å²) in [5.41, 5.74) is 6.40. The second-order valence-corrected chi connectivity index (χ2v) is 5.89. The zero-order chi connectivity index (χ0) is 19.3. The van der Waals surface area contributed by atoms with Gasteiger partial charge in [0.2, 0.25) is 5.95 Å². The topological polar surface area (TPSA) is 151 Å². The van der Waals surface area contributed by atoms with Crippen molar-refractivity contribution in [1.82, 2.24) is 9.97 Å². The number of nitriles is 1. The minimum absolute atomic E-state index is 0.0525. The first-order valence-electron chi connectivity index (χ1n) is 7.80. The Balaban J connectivity index is 2.44. The minimum Gasteiger partial charge on any atom is -0.365 e. The van der Waals surface area contributed by atoms with Crippen molar-refractivity contribution in [2.75, 3.05) is 10.3 Å². The fourth-order valence-electron chi connectivity index (χ4n) is 2.25. The van der Waals surface area contributed by atoms with Gasteiger partial charge < -0.3 is 15.8 Å². The van der Waals surface area contributed by atoms with E-state index in [1.54, 1.807) is 24.3 Å². The zero-order valence-corrected chi connectivity index (χ0v) is 14.4. The third-order valence-electron chi connectivity index (χ3n) is 3.67. The Morgan fingerprint density at radius 2 is 2.15 bits per heavy atom. The minimum atomic E-state index is -0.727. The lowest BCUT2D eigenvalue weighted by molar-refractivity contribution is -0.109. The molecule has 0 aliphatic rings. The molecule has 5 N–H and O–H groups in total. The van der Waals surface area contributed by atoms with Crippen molar-refractivity contribution in [2.45, 2.75) is 19.9 Å². The SMILES string of the molecule is CC(C)[C@H](C=O)N(N)c1ncc(C(N)=O)c(Nc2cccc(C#N)c2)n1. The summed E-state index contributed by atoms with van der Waals surface area (Å²) in [5, 5.41) is 13.1. The van der Waals surface area contributed by atoms with E-state index in [2.05, 4.69) is 15.3 Å². The number of aldehydes is 1. The molecular weight excluding hydrogens is 334 g/mol. The summed E-state index contributed by atoms with van der Waals surface area (Å²) >= 11 is 0. The van der Waals surface area contributed by atoms with Gasteiger partial charge in [0, 0.05) is 11.9 Å². The Kier molecular flexibility index (Phi) is 5.82. The third-order valence-corrected chi connectivity index (χ3v) is 3.67. The third kappa shape index (κ3) is 4.12. The quantitative estimate of drug-likeness (QED) is 0.380. The van der Waals surface area contributed by atoms with Crippen LogP contribution in [0.25, 0.3) is 0 Å². The smallest absolute Gasteiger partial charge is 0.254 e. The number of aromatic nitrogens is 2. The molecule has 1 aromatic carbocycles. The summed E-state index contributed by atoms with van der Waals surface area (Å²) in [4.78, 5) is 31.2. The number of carbonyl (C=O) groups excluding carboxylic acids is 2. The van der Waals surface area contributed by atoms with E-state index < -0.39 is 11.9 Å². The molecule has 2 aromatic rings. The maximum atomic E-state index is 11.7. The number of hydrogen-bond donors (Lipinski definition) is 3. The second kappa shape index (κ2) is 8.04. The number of amides is 1. The molecule has 0 saturated carbocycles. The molecule has 0 bridgehead atoms. The fourth-order valence-corrected chi connectivity index (χ4v) is 2.25. The molecule has 2 rings (SSSR count). The molecule has 0 fully saturated rings. The summed E-state index contributed by atoms with van der Waals surface area (Å²) in [6.07, 6.45) is 1.95. The standard InChI is InChI=1S/C17H19N7O2/c1-10(2)14(9-25)24(20)17-21-8-13(15(19)26)16(23-17)22-12-5-3-4-11(6-12)7-18/h3-6,8-10,14H,20H2,1-2H3,(H2,19,26)(H,21,22,23)/t14-/m0/s1. The maximum Gasteiger partial charge on any atom is 0.254 e. The first kappa shape index (κ1) is 18.8. The molecule has 1 atom stereocenters. The van der Waals surface area contributed by atoms with Crippen LogP contribution in [0.4, 0.5) is 17.5 Å².